The zero-order valence-corrected chi connectivity index (χ0v) is 14.1. The van der Waals surface area contributed by atoms with Crippen molar-refractivity contribution in [2.75, 3.05) is 26.3 Å². The van der Waals surface area contributed by atoms with E-state index in [1.54, 1.807) is 4.90 Å². The number of carbonyl (C=O) groups excluding carboxylic acids is 1. The summed E-state index contributed by atoms with van der Waals surface area (Å²) in [6.45, 7) is 7.86. The molecule has 0 N–H and O–H groups in total. The molecule has 0 unspecified atom stereocenters. The summed E-state index contributed by atoms with van der Waals surface area (Å²) in [5, 5.41) is 0. The third-order valence-electron chi connectivity index (χ3n) is 4.34. The van der Waals surface area contributed by atoms with Crippen molar-refractivity contribution in [1.82, 2.24) is 4.90 Å². The molecular weight excluding hydrogens is 294 g/mol. The van der Waals surface area contributed by atoms with Crippen LogP contribution in [0.25, 0.3) is 0 Å². The molecule has 23 heavy (non-hydrogen) atoms. The van der Waals surface area contributed by atoms with E-state index in [1.165, 1.54) is 0 Å². The van der Waals surface area contributed by atoms with Crippen molar-refractivity contribution >= 4 is 6.09 Å². The summed E-state index contributed by atoms with van der Waals surface area (Å²) in [6, 6.07) is 10.2. The van der Waals surface area contributed by atoms with Crippen molar-refractivity contribution in [3.8, 4) is 0 Å². The van der Waals surface area contributed by atoms with E-state index in [-0.39, 0.29) is 12.2 Å². The Morgan fingerprint density at radius 1 is 1.26 bits per heavy atom. The van der Waals surface area contributed by atoms with Gasteiger partial charge in [0.1, 0.15) is 17.3 Å². The molecule has 2 atom stereocenters. The fourth-order valence-electron chi connectivity index (χ4n) is 3.29. The normalized spacial score (nSPS) is 28.1. The van der Waals surface area contributed by atoms with E-state index in [0.29, 0.717) is 32.7 Å². The first-order valence-electron chi connectivity index (χ1n) is 8.20. The van der Waals surface area contributed by atoms with Crippen LogP contribution in [0.5, 0.6) is 0 Å². The molecule has 0 radical (unpaired) electrons. The molecule has 0 aromatic heterocycles. The number of likely N-dealkylation sites (tertiary alicyclic amines) is 1. The number of ether oxygens (including phenoxy) is 3. The van der Waals surface area contributed by atoms with Gasteiger partial charge in [0.2, 0.25) is 0 Å². The highest BCUT2D eigenvalue weighted by molar-refractivity contribution is 5.68. The topological polar surface area (TPSA) is 48.0 Å². The van der Waals surface area contributed by atoms with Crippen LogP contribution in [0.2, 0.25) is 0 Å². The molecule has 0 aliphatic carbocycles. The minimum absolute atomic E-state index is 0.167. The van der Waals surface area contributed by atoms with E-state index in [0.717, 1.165) is 5.56 Å². The smallest absolute Gasteiger partial charge is 0.410 e. The van der Waals surface area contributed by atoms with Crippen LogP contribution in [-0.2, 0) is 19.8 Å². The molecule has 0 saturated carbocycles. The zero-order chi connectivity index (χ0) is 16.5. The number of hydrogen-bond acceptors (Lipinski definition) is 4. The highest BCUT2D eigenvalue weighted by Gasteiger charge is 2.49. The maximum atomic E-state index is 12.3. The minimum atomic E-state index is -0.491. The second-order valence-electron chi connectivity index (χ2n) is 7.14. The number of amides is 1. The third-order valence-corrected chi connectivity index (χ3v) is 4.34. The number of piperidine rings is 1. The standard InChI is InChI=1S/C18H25NO4/c1-17(2,3)23-16(20)19-10-9-18(14-7-5-4-6-8-14)15(13-19)21-11-12-22-18/h4-8,15H,9-13H2,1-3H3/t15-,18-/m1/s1. The van der Waals surface area contributed by atoms with E-state index in [9.17, 15) is 4.79 Å². The highest BCUT2D eigenvalue weighted by atomic mass is 16.6. The summed E-state index contributed by atoms with van der Waals surface area (Å²) in [5.74, 6) is 0. The Kier molecular flexibility index (Phi) is 4.34. The maximum absolute atomic E-state index is 12.3. The number of rotatable bonds is 1. The van der Waals surface area contributed by atoms with Crippen LogP contribution in [0, 0.1) is 0 Å². The first kappa shape index (κ1) is 16.3. The van der Waals surface area contributed by atoms with Crippen LogP contribution in [-0.4, -0.2) is 49.0 Å². The van der Waals surface area contributed by atoms with Gasteiger partial charge >= 0.3 is 6.09 Å². The van der Waals surface area contributed by atoms with E-state index < -0.39 is 11.2 Å². The molecule has 1 aromatic rings. The maximum Gasteiger partial charge on any atom is 0.410 e. The van der Waals surface area contributed by atoms with Gasteiger partial charge in [-0.05, 0) is 26.3 Å². The molecule has 5 nitrogen and oxygen atoms in total. The van der Waals surface area contributed by atoms with Gasteiger partial charge in [-0.25, -0.2) is 4.79 Å². The molecule has 2 aliphatic heterocycles. The summed E-state index contributed by atoms with van der Waals surface area (Å²) < 4.78 is 17.6. The average Bonchev–Trinajstić information content (AvgIpc) is 2.53. The molecule has 2 heterocycles. The number of nitrogens with zero attached hydrogens (tertiary/aromatic N) is 1. The lowest BCUT2D eigenvalue weighted by Gasteiger charge is -2.49. The Balaban J connectivity index is 1.78. The Morgan fingerprint density at radius 2 is 2.00 bits per heavy atom. The van der Waals surface area contributed by atoms with Gasteiger partial charge < -0.3 is 19.1 Å². The van der Waals surface area contributed by atoms with Crippen LogP contribution in [0.3, 0.4) is 0 Å². The fourth-order valence-corrected chi connectivity index (χ4v) is 3.29. The minimum Gasteiger partial charge on any atom is -0.444 e. The van der Waals surface area contributed by atoms with Crippen molar-refractivity contribution in [2.24, 2.45) is 0 Å². The van der Waals surface area contributed by atoms with E-state index in [4.69, 9.17) is 14.2 Å². The van der Waals surface area contributed by atoms with Gasteiger partial charge in [0.15, 0.2) is 0 Å². The van der Waals surface area contributed by atoms with Crippen molar-refractivity contribution < 1.29 is 19.0 Å². The van der Waals surface area contributed by atoms with Crippen LogP contribution in [0.15, 0.2) is 30.3 Å². The second kappa shape index (κ2) is 6.13. The van der Waals surface area contributed by atoms with E-state index in [2.05, 4.69) is 12.1 Å². The molecular formula is C18H25NO4. The quantitative estimate of drug-likeness (QED) is 0.798. The lowest BCUT2D eigenvalue weighted by Crippen LogP contribution is -2.60. The first-order valence-corrected chi connectivity index (χ1v) is 8.20. The third kappa shape index (κ3) is 3.35. The summed E-state index contributed by atoms with van der Waals surface area (Å²) in [4.78, 5) is 14.1. The molecule has 0 bridgehead atoms. The summed E-state index contributed by atoms with van der Waals surface area (Å²) in [6.07, 6.45) is 0.259. The Labute approximate surface area is 137 Å². The van der Waals surface area contributed by atoms with Gasteiger partial charge in [0.25, 0.3) is 0 Å². The van der Waals surface area contributed by atoms with Gasteiger partial charge in [0.05, 0.1) is 19.8 Å². The molecule has 3 rings (SSSR count). The van der Waals surface area contributed by atoms with Gasteiger partial charge in [-0.3, -0.25) is 0 Å². The summed E-state index contributed by atoms with van der Waals surface area (Å²) in [5.41, 5.74) is 0.168. The van der Waals surface area contributed by atoms with Crippen LogP contribution in [0.4, 0.5) is 4.79 Å². The van der Waals surface area contributed by atoms with Crippen molar-refractivity contribution in [3.63, 3.8) is 0 Å². The van der Waals surface area contributed by atoms with Gasteiger partial charge in [-0.2, -0.15) is 0 Å². The van der Waals surface area contributed by atoms with Gasteiger partial charge in [-0.15, -0.1) is 0 Å². The lowest BCUT2D eigenvalue weighted by molar-refractivity contribution is -0.230. The lowest BCUT2D eigenvalue weighted by atomic mass is 9.81. The SMILES string of the molecule is CC(C)(C)OC(=O)N1CC[C@]2(c3ccccc3)OCCO[C@@H]2C1. The van der Waals surface area contributed by atoms with Crippen LogP contribution < -0.4 is 0 Å². The summed E-state index contributed by atoms with van der Waals surface area (Å²) >= 11 is 0. The Morgan fingerprint density at radius 3 is 2.70 bits per heavy atom. The van der Waals surface area contributed by atoms with E-state index >= 15 is 0 Å². The number of hydrogen-bond donors (Lipinski definition) is 0. The fraction of sp³-hybridized carbons (Fsp3) is 0.611. The Bertz CT molecular complexity index is 554. The van der Waals surface area contributed by atoms with Crippen molar-refractivity contribution in [3.05, 3.63) is 35.9 Å². The van der Waals surface area contributed by atoms with Crippen LogP contribution >= 0.6 is 0 Å². The first-order chi connectivity index (χ1) is 10.9. The van der Waals surface area contributed by atoms with E-state index in [1.807, 2.05) is 39.0 Å². The second-order valence-corrected chi connectivity index (χ2v) is 7.14. The summed E-state index contributed by atoms with van der Waals surface area (Å²) in [7, 11) is 0. The molecule has 1 aromatic carbocycles. The predicted molar refractivity (Wildman–Crippen MR) is 86.2 cm³/mol. The molecule has 1 amide bonds. The monoisotopic (exact) mass is 319 g/mol. The largest absolute Gasteiger partial charge is 0.444 e. The zero-order valence-electron chi connectivity index (χ0n) is 14.1. The van der Waals surface area contributed by atoms with Gasteiger partial charge in [0, 0.05) is 13.0 Å². The Hall–Kier alpha value is -1.59. The number of fused-ring (bicyclic) bond motifs is 1. The van der Waals surface area contributed by atoms with Crippen molar-refractivity contribution in [1.29, 1.82) is 0 Å². The average molecular weight is 319 g/mol. The predicted octanol–water partition coefficient (Wildman–Crippen LogP) is 2.94. The molecule has 2 fully saturated rings. The molecule has 5 heteroatoms. The van der Waals surface area contributed by atoms with Crippen molar-refractivity contribution in [2.45, 2.75) is 44.5 Å². The molecule has 0 spiro atoms. The highest BCUT2D eigenvalue weighted by Crippen LogP contribution is 2.40. The number of carbonyl (C=O) groups is 1. The van der Waals surface area contributed by atoms with Gasteiger partial charge in [-0.1, -0.05) is 30.3 Å². The molecule has 2 aliphatic rings. The molecule has 126 valence electrons. The molecule has 2 saturated heterocycles. The number of benzene rings is 1. The van der Waals surface area contributed by atoms with Crippen LogP contribution in [0.1, 0.15) is 32.8 Å².